The van der Waals surface area contributed by atoms with Crippen LogP contribution in [0, 0.1) is 11.8 Å². The first-order valence-electron chi connectivity index (χ1n) is 38.3. The van der Waals surface area contributed by atoms with E-state index >= 15 is 0 Å². The number of carbonyl (C=O) groups excluding carboxylic acids is 10. The lowest BCUT2D eigenvalue weighted by Crippen LogP contribution is -2.58. The Kier molecular flexibility index (Phi) is 38.9. The minimum atomic E-state index is -1.24. The molecule has 105 heavy (non-hydrogen) atoms. The molecule has 2 heterocycles. The SMILES string of the molecule is CC(C)C[C@H](NC(=O)[C@H](Cc1ccccc1)NC(=O)[C@H](Cc1ccccc1)C[C@@H](O)[C@H](Cc1ccccc1)NC(=O)OC(C)(C)C)C(=O)N[C@@H](Cc1ccccc1)C(=O)NCCCCCNC(=O)CCCCCNC(=O)CCCCCNC(=O)CCCCCNC(=O)CCCC[C@@H]1SC[C@@H]2NC(=O)N[C@@H]21. The Morgan fingerprint density at radius 2 is 0.848 bits per heavy atom. The van der Waals surface area contributed by atoms with E-state index in [0.29, 0.717) is 82.9 Å². The van der Waals surface area contributed by atoms with E-state index in [2.05, 4.69) is 58.5 Å². The number of aliphatic hydroxyl groups excluding tert-OH is 1. The van der Waals surface area contributed by atoms with Gasteiger partial charge in [-0.1, -0.05) is 161 Å². The minimum absolute atomic E-state index is 0.00573. The van der Waals surface area contributed by atoms with Gasteiger partial charge in [0.15, 0.2) is 0 Å². The monoisotopic (exact) mass is 1470 g/mol. The lowest BCUT2D eigenvalue weighted by Gasteiger charge is -2.30. The van der Waals surface area contributed by atoms with Gasteiger partial charge in [-0.25, -0.2) is 9.59 Å². The molecule has 0 saturated carbocycles. The van der Waals surface area contributed by atoms with Gasteiger partial charge in [-0.3, -0.25) is 38.4 Å². The summed E-state index contributed by atoms with van der Waals surface area (Å²) in [6.07, 6.45) is 12.5. The quantitative estimate of drug-likeness (QED) is 0.0145. The summed E-state index contributed by atoms with van der Waals surface area (Å²) >= 11 is 1.89. The molecule has 4 aromatic carbocycles. The summed E-state index contributed by atoms with van der Waals surface area (Å²) in [6.45, 7) is 11.6. The summed E-state index contributed by atoms with van der Waals surface area (Å²) in [5.41, 5.74) is 2.42. The van der Waals surface area contributed by atoms with Gasteiger partial charge in [0.25, 0.3) is 0 Å². The van der Waals surface area contributed by atoms with Crippen LogP contribution in [0.3, 0.4) is 0 Å². The summed E-state index contributed by atoms with van der Waals surface area (Å²) in [4.78, 5) is 133. The molecule has 12 N–H and O–H groups in total. The zero-order valence-corrected chi connectivity index (χ0v) is 63.4. The molecule has 11 amide bonds. The number of nitrogens with one attached hydrogen (secondary N) is 11. The first kappa shape index (κ1) is 85.4. The van der Waals surface area contributed by atoms with E-state index in [1.807, 2.05) is 147 Å². The Balaban J connectivity index is 0.857. The molecular weight excluding hydrogens is 1350 g/mol. The van der Waals surface area contributed by atoms with E-state index in [1.54, 1.807) is 20.8 Å². The molecule has 23 nitrogen and oxygen atoms in total. The van der Waals surface area contributed by atoms with Gasteiger partial charge in [-0.05, 0) is 145 Å². The van der Waals surface area contributed by atoms with Crippen molar-refractivity contribution in [2.75, 3.05) is 38.5 Å². The molecule has 2 aliphatic rings. The van der Waals surface area contributed by atoms with Gasteiger partial charge in [0, 0.05) is 88.2 Å². The summed E-state index contributed by atoms with van der Waals surface area (Å²) in [6, 6.07) is 33.5. The number of hydrogen-bond donors (Lipinski definition) is 12. The second-order valence-corrected chi connectivity index (χ2v) is 30.6. The fourth-order valence-electron chi connectivity index (χ4n) is 13.0. The second kappa shape index (κ2) is 47.8. The highest BCUT2D eigenvalue weighted by molar-refractivity contribution is 8.00. The lowest BCUT2D eigenvalue weighted by atomic mass is 9.88. The van der Waals surface area contributed by atoms with E-state index in [0.717, 1.165) is 105 Å². The number of rotatable bonds is 50. The third-order valence-corrected chi connectivity index (χ3v) is 20.1. The van der Waals surface area contributed by atoms with Crippen molar-refractivity contribution in [3.63, 3.8) is 0 Å². The zero-order valence-electron chi connectivity index (χ0n) is 62.6. The molecular formula is C81H119N11O12S. The van der Waals surface area contributed by atoms with Gasteiger partial charge in [-0.2, -0.15) is 11.8 Å². The molecule has 0 spiro atoms. The molecule has 24 heteroatoms. The first-order valence-corrected chi connectivity index (χ1v) is 39.4. The van der Waals surface area contributed by atoms with Crippen LogP contribution in [0.4, 0.5) is 9.59 Å². The van der Waals surface area contributed by atoms with Gasteiger partial charge in [0.2, 0.25) is 47.3 Å². The number of benzene rings is 4. The number of aliphatic hydroxyl groups is 1. The van der Waals surface area contributed by atoms with Crippen LogP contribution in [0.2, 0.25) is 0 Å². The lowest BCUT2D eigenvalue weighted by molar-refractivity contribution is -0.135. The number of carbonyl (C=O) groups is 10. The van der Waals surface area contributed by atoms with Crippen LogP contribution in [0.5, 0.6) is 0 Å². The third-order valence-electron chi connectivity index (χ3n) is 18.6. The summed E-state index contributed by atoms with van der Waals surface area (Å²) < 4.78 is 5.60. The maximum absolute atomic E-state index is 14.9. The fraction of sp³-hybridized carbons (Fsp3) is 0.580. The largest absolute Gasteiger partial charge is 0.444 e. The first-order chi connectivity index (χ1) is 50.6. The van der Waals surface area contributed by atoms with Crippen molar-refractivity contribution in [1.82, 2.24) is 58.5 Å². The predicted octanol–water partition coefficient (Wildman–Crippen LogP) is 8.88. The van der Waals surface area contributed by atoms with Gasteiger partial charge >= 0.3 is 12.1 Å². The van der Waals surface area contributed by atoms with Gasteiger partial charge in [-0.15, -0.1) is 0 Å². The highest BCUT2D eigenvalue weighted by Gasteiger charge is 2.43. The molecule has 9 atom stereocenters. The van der Waals surface area contributed by atoms with Gasteiger partial charge in [0.1, 0.15) is 23.7 Å². The van der Waals surface area contributed by atoms with Crippen molar-refractivity contribution >= 4 is 71.1 Å². The number of thioether (sulfide) groups is 1. The Bertz CT molecular complexity index is 3280. The molecule has 2 fully saturated rings. The predicted molar refractivity (Wildman–Crippen MR) is 411 cm³/mol. The van der Waals surface area contributed by atoms with Crippen LogP contribution in [0.1, 0.15) is 192 Å². The normalized spacial score (nSPS) is 16.3. The Morgan fingerprint density at radius 3 is 1.30 bits per heavy atom. The Labute approximate surface area is 626 Å². The van der Waals surface area contributed by atoms with Crippen molar-refractivity contribution in [3.05, 3.63) is 144 Å². The number of amides is 11. The minimum Gasteiger partial charge on any atom is -0.444 e. The topological polar surface area (TPSA) is 332 Å². The van der Waals surface area contributed by atoms with Crippen LogP contribution in [-0.2, 0) is 68.8 Å². The van der Waals surface area contributed by atoms with Crippen molar-refractivity contribution in [2.45, 2.75) is 248 Å². The molecule has 0 aromatic heterocycles. The Morgan fingerprint density at radius 1 is 0.457 bits per heavy atom. The van der Waals surface area contributed by atoms with Crippen LogP contribution < -0.4 is 58.5 Å². The number of unbranched alkanes of at least 4 members (excludes halogenated alkanes) is 9. The van der Waals surface area contributed by atoms with E-state index in [-0.39, 0.29) is 86.2 Å². The van der Waals surface area contributed by atoms with E-state index in [1.165, 1.54) is 0 Å². The number of fused-ring (bicyclic) bond motifs is 1. The van der Waals surface area contributed by atoms with E-state index < -0.39 is 71.5 Å². The van der Waals surface area contributed by atoms with Crippen LogP contribution >= 0.6 is 11.8 Å². The van der Waals surface area contributed by atoms with Crippen molar-refractivity contribution in [2.24, 2.45) is 11.8 Å². The molecule has 0 aliphatic carbocycles. The summed E-state index contributed by atoms with van der Waals surface area (Å²) in [5.74, 6) is -2.09. The molecule has 0 bridgehead atoms. The fourth-order valence-corrected chi connectivity index (χ4v) is 14.5. The van der Waals surface area contributed by atoms with E-state index in [9.17, 15) is 53.1 Å². The van der Waals surface area contributed by atoms with Crippen molar-refractivity contribution in [1.29, 1.82) is 0 Å². The van der Waals surface area contributed by atoms with E-state index in [4.69, 9.17) is 4.74 Å². The molecule has 4 aromatic rings. The van der Waals surface area contributed by atoms with Gasteiger partial charge < -0.3 is 68.3 Å². The van der Waals surface area contributed by atoms with Crippen LogP contribution in [-0.4, -0.2) is 156 Å². The molecule has 2 saturated heterocycles. The number of ether oxygens (including phenoxy) is 1. The molecule has 576 valence electrons. The third kappa shape index (κ3) is 35.4. The van der Waals surface area contributed by atoms with Crippen molar-refractivity contribution < 1.29 is 57.8 Å². The number of alkyl carbamates (subject to hydrolysis) is 1. The summed E-state index contributed by atoms with van der Waals surface area (Å²) in [5, 5.41) is 45.1. The highest BCUT2D eigenvalue weighted by atomic mass is 32.2. The highest BCUT2D eigenvalue weighted by Crippen LogP contribution is 2.33. The average Bonchev–Trinajstić information content (AvgIpc) is 1.66. The maximum atomic E-state index is 14.9. The van der Waals surface area contributed by atoms with Crippen LogP contribution in [0.25, 0.3) is 0 Å². The molecule has 6 rings (SSSR count). The number of urea groups is 1. The summed E-state index contributed by atoms with van der Waals surface area (Å²) in [7, 11) is 0. The average molecular weight is 1470 g/mol. The van der Waals surface area contributed by atoms with Crippen molar-refractivity contribution in [3.8, 4) is 0 Å². The molecule has 0 radical (unpaired) electrons. The smallest absolute Gasteiger partial charge is 0.407 e. The Hall–Kier alpha value is -8.51. The van der Waals surface area contributed by atoms with Gasteiger partial charge in [0.05, 0.1) is 24.2 Å². The second-order valence-electron chi connectivity index (χ2n) is 29.4. The molecule has 0 unspecified atom stereocenters. The number of hydrogen-bond acceptors (Lipinski definition) is 13. The van der Waals surface area contributed by atoms with Crippen LogP contribution in [0.15, 0.2) is 121 Å². The molecule has 2 aliphatic heterocycles. The standard InChI is InChI=1S/C81H119N11O12S/c1-57(2)50-64(88-78(101)66(54-61-38-20-9-21-39-61)87-75(98)62(51-58-32-14-6-15-33-58)55-68(93)63(52-59-34-16-7-17-35-59)91-80(103)104-81(3,4)5)77(100)89-65(53-60-36-18-8-19-37-60)76(99)86-49-31-13-30-48-85-72(96)43-24-11-28-46-83-70(94)41-22-10-27-45-82-71(95)42-23-12-29-47-84-73(97)44-26-25-40-69-74-67(56-105-69)90-79(102)92-74/h6-9,14-21,32-39,57,62-69,74,93H,10-13,22-31,40-56H2,1-5H3,(H,82,95)(H,83,94)(H,84,97)(H,85,96)(H,86,99)(H,87,98)(H,88,101)(H,89,100)(H,91,103)(H2,90,92,102)/t62-,63+,64+,65+,66+,67+,68-,69+,74+/m1/s1. The maximum Gasteiger partial charge on any atom is 0.407 e. The zero-order chi connectivity index (χ0) is 75.6.